The van der Waals surface area contributed by atoms with E-state index in [2.05, 4.69) is 29.3 Å². The number of nitrogens with one attached hydrogen (secondary N) is 2. The van der Waals surface area contributed by atoms with Gasteiger partial charge in [-0.05, 0) is 176 Å². The summed E-state index contributed by atoms with van der Waals surface area (Å²) >= 11 is 0. The second-order valence-corrected chi connectivity index (χ2v) is 23.0. The van der Waals surface area contributed by atoms with Crippen LogP contribution in [0.15, 0.2) is 79.4 Å². The zero-order valence-corrected chi connectivity index (χ0v) is 46.0. The summed E-state index contributed by atoms with van der Waals surface area (Å²) in [7, 11) is 0. The van der Waals surface area contributed by atoms with Gasteiger partial charge in [0.2, 0.25) is 0 Å². The Bertz CT molecular complexity index is 2130. The highest BCUT2D eigenvalue weighted by Crippen LogP contribution is 2.43. The van der Waals surface area contributed by atoms with E-state index in [0.29, 0.717) is 62.4 Å². The van der Waals surface area contributed by atoms with Crippen LogP contribution in [-0.2, 0) is 25.4 Å². The van der Waals surface area contributed by atoms with Crippen LogP contribution in [-0.4, -0.2) is 86.3 Å². The standard InChI is InChI=1S/C22H33NO4.C22H33NO3.C17H27NO3/c1-21(2,3)27-20(24)23-13-12-22(16-26-22)18-10-7-11-19(14-18)25-15-17-8-5-4-6-9-17;1-17(13-14-23-21(24)26-22(2,3)4)19-11-8-12-20(15-19)25-16-18-9-6-5-7-10-18;18-10-9-17(20,13-19)15-7-4-8-16(11-15)21-12-14-5-2-1-3-6-14/h7,10-11,14,17H,4-6,8-9,12-13,15-16H2,1-3H3,(H,23,24);8,11-12,15,18H,1,5-7,9-10,13-14,16H2,2-4H3,(H,23,24);4,7-8,11,14,19-20H,1-3,5-6,9-10,12-13,18H2. The van der Waals surface area contributed by atoms with Gasteiger partial charge in [-0.1, -0.05) is 101 Å². The number of carbonyl (C=O) groups excluding carboxylic acids is 2. The number of ether oxygens (including phenoxy) is 6. The molecule has 0 spiro atoms. The number of alkyl carbamates (subject to hydrolysis) is 2. The Kier molecular flexibility index (Phi) is 24.4. The van der Waals surface area contributed by atoms with Gasteiger partial charge >= 0.3 is 12.2 Å². The molecule has 3 aromatic carbocycles. The van der Waals surface area contributed by atoms with Crippen molar-refractivity contribution in [1.82, 2.24) is 10.6 Å². The summed E-state index contributed by atoms with van der Waals surface area (Å²) in [6.07, 6.45) is 20.5. The van der Waals surface area contributed by atoms with E-state index in [1.165, 1.54) is 96.3 Å². The molecule has 2 unspecified atom stereocenters. The van der Waals surface area contributed by atoms with Gasteiger partial charge in [0, 0.05) is 19.5 Å². The van der Waals surface area contributed by atoms with Crippen LogP contribution in [0, 0.1) is 17.8 Å². The Morgan fingerprint density at radius 2 is 1.11 bits per heavy atom. The first-order valence-electron chi connectivity index (χ1n) is 27.9. The summed E-state index contributed by atoms with van der Waals surface area (Å²) in [6.45, 7) is 19.3. The van der Waals surface area contributed by atoms with E-state index in [9.17, 15) is 19.8 Å². The molecule has 2 atom stereocenters. The zero-order valence-electron chi connectivity index (χ0n) is 46.0. The minimum Gasteiger partial charge on any atom is -0.493 e. The molecule has 412 valence electrons. The highest BCUT2D eigenvalue weighted by molar-refractivity contribution is 5.69. The average molecular weight is 1030 g/mol. The zero-order chi connectivity index (χ0) is 53.5. The van der Waals surface area contributed by atoms with Crippen molar-refractivity contribution < 1.29 is 48.2 Å². The van der Waals surface area contributed by atoms with Crippen LogP contribution in [0.5, 0.6) is 17.2 Å². The Morgan fingerprint density at radius 3 is 1.57 bits per heavy atom. The van der Waals surface area contributed by atoms with Crippen LogP contribution in [0.3, 0.4) is 0 Å². The van der Waals surface area contributed by atoms with Gasteiger partial charge in [-0.15, -0.1) is 0 Å². The van der Waals surface area contributed by atoms with E-state index >= 15 is 0 Å². The number of amides is 2. The van der Waals surface area contributed by atoms with Gasteiger partial charge in [0.25, 0.3) is 0 Å². The summed E-state index contributed by atoms with van der Waals surface area (Å²) in [6, 6.07) is 23.6. The van der Waals surface area contributed by atoms with Crippen LogP contribution in [0.25, 0.3) is 5.57 Å². The second-order valence-electron chi connectivity index (χ2n) is 23.0. The van der Waals surface area contributed by atoms with Gasteiger partial charge < -0.3 is 55.0 Å². The Balaban J connectivity index is 0.000000207. The maximum Gasteiger partial charge on any atom is 0.407 e. The van der Waals surface area contributed by atoms with E-state index in [1.807, 2.05) is 96.1 Å². The average Bonchev–Trinajstić information content (AvgIpc) is 4.18. The molecule has 3 saturated carbocycles. The van der Waals surface area contributed by atoms with Crippen molar-refractivity contribution in [2.24, 2.45) is 23.5 Å². The molecule has 13 heteroatoms. The number of carbonyl (C=O) groups is 2. The molecule has 1 aliphatic heterocycles. The van der Waals surface area contributed by atoms with Crippen LogP contribution in [0.1, 0.15) is 174 Å². The third-order valence-corrected chi connectivity index (χ3v) is 14.2. The van der Waals surface area contributed by atoms with Gasteiger partial charge in [-0.25, -0.2) is 9.59 Å². The van der Waals surface area contributed by atoms with Gasteiger partial charge in [0.05, 0.1) is 33.0 Å². The summed E-state index contributed by atoms with van der Waals surface area (Å²) in [4.78, 5) is 23.5. The first-order chi connectivity index (χ1) is 35.4. The number of hydrogen-bond acceptors (Lipinski definition) is 11. The fourth-order valence-corrected chi connectivity index (χ4v) is 9.80. The molecule has 1 saturated heterocycles. The lowest BCUT2D eigenvalue weighted by molar-refractivity contribution is -0.0242. The molecule has 1 heterocycles. The number of hydrogen-bond donors (Lipinski definition) is 5. The van der Waals surface area contributed by atoms with Crippen LogP contribution in [0.4, 0.5) is 9.59 Å². The fourth-order valence-electron chi connectivity index (χ4n) is 9.80. The molecule has 3 aromatic rings. The predicted molar refractivity (Wildman–Crippen MR) is 295 cm³/mol. The number of aliphatic hydroxyl groups excluding tert-OH is 1. The maximum absolute atomic E-state index is 11.8. The van der Waals surface area contributed by atoms with Crippen molar-refractivity contribution in [2.45, 2.75) is 180 Å². The predicted octanol–water partition coefficient (Wildman–Crippen LogP) is 12.5. The molecule has 2 amide bonds. The normalized spacial score (nSPS) is 19.2. The second kappa shape index (κ2) is 30.1. The lowest BCUT2D eigenvalue weighted by Gasteiger charge is -2.26. The van der Waals surface area contributed by atoms with Gasteiger partial charge in [0.1, 0.15) is 39.7 Å². The van der Waals surface area contributed by atoms with Crippen molar-refractivity contribution in [3.8, 4) is 17.2 Å². The minimum atomic E-state index is -1.28. The van der Waals surface area contributed by atoms with Crippen LogP contribution in [0.2, 0.25) is 0 Å². The third-order valence-electron chi connectivity index (χ3n) is 14.2. The van der Waals surface area contributed by atoms with Crippen LogP contribution < -0.4 is 30.6 Å². The number of benzene rings is 3. The van der Waals surface area contributed by atoms with Crippen LogP contribution >= 0.6 is 0 Å². The topological polar surface area (TPSA) is 183 Å². The highest BCUT2D eigenvalue weighted by Gasteiger charge is 2.46. The van der Waals surface area contributed by atoms with Crippen molar-refractivity contribution in [2.75, 3.05) is 52.7 Å². The first kappa shape index (κ1) is 60.0. The molecule has 4 fully saturated rings. The Morgan fingerprint density at radius 1 is 0.662 bits per heavy atom. The molecule has 6 N–H and O–H groups in total. The Labute approximate surface area is 444 Å². The third kappa shape index (κ3) is 22.2. The molecular formula is C61H93N3O10. The molecule has 13 nitrogen and oxygen atoms in total. The van der Waals surface area contributed by atoms with Crippen molar-refractivity contribution in [3.63, 3.8) is 0 Å². The molecule has 0 bridgehead atoms. The highest BCUT2D eigenvalue weighted by atomic mass is 16.6. The molecular weight excluding hydrogens is 935 g/mol. The smallest absolute Gasteiger partial charge is 0.407 e. The quantitative estimate of drug-likeness (QED) is 0.0640. The SMILES string of the molecule is C=C(CCNC(=O)OC(C)(C)C)c1cccc(OCC2CCCCC2)c1.CC(C)(C)OC(=O)NCCC1(c2cccc(OCC3CCCCC3)c2)CO1.NCCC(O)(CO)c1cccc(OCC2CCCCC2)c1. The molecule has 4 aliphatic rings. The fraction of sp³-hybridized carbons (Fsp3) is 0.639. The number of epoxide rings is 1. The van der Waals surface area contributed by atoms with E-state index in [-0.39, 0.29) is 18.3 Å². The number of aliphatic hydroxyl groups is 2. The van der Waals surface area contributed by atoms with Gasteiger partial charge in [-0.2, -0.15) is 0 Å². The summed E-state index contributed by atoms with van der Waals surface area (Å²) in [5.41, 5.74) is 6.78. The number of nitrogens with two attached hydrogens (primary N) is 1. The van der Waals surface area contributed by atoms with E-state index in [1.54, 1.807) is 6.07 Å². The van der Waals surface area contributed by atoms with Gasteiger partial charge in [-0.3, -0.25) is 0 Å². The van der Waals surface area contributed by atoms with E-state index < -0.39 is 22.9 Å². The largest absolute Gasteiger partial charge is 0.493 e. The molecule has 0 aromatic heterocycles. The van der Waals surface area contributed by atoms with E-state index in [0.717, 1.165) is 60.2 Å². The molecule has 74 heavy (non-hydrogen) atoms. The molecule has 7 rings (SSSR count). The summed E-state index contributed by atoms with van der Waals surface area (Å²) < 4.78 is 34.2. The van der Waals surface area contributed by atoms with Crippen molar-refractivity contribution in [3.05, 3.63) is 96.1 Å². The Hall–Kier alpha value is -4.82. The maximum atomic E-state index is 11.8. The van der Waals surface area contributed by atoms with Gasteiger partial charge in [0.15, 0.2) is 0 Å². The number of rotatable bonds is 21. The monoisotopic (exact) mass is 1030 g/mol. The lowest BCUT2D eigenvalue weighted by atomic mass is 9.90. The van der Waals surface area contributed by atoms with Crippen molar-refractivity contribution >= 4 is 17.8 Å². The van der Waals surface area contributed by atoms with Crippen molar-refractivity contribution in [1.29, 1.82) is 0 Å². The lowest BCUT2D eigenvalue weighted by Crippen LogP contribution is -2.34. The van der Waals surface area contributed by atoms with E-state index in [4.69, 9.17) is 34.2 Å². The molecule has 3 aliphatic carbocycles. The summed E-state index contributed by atoms with van der Waals surface area (Å²) in [5.74, 6) is 4.58. The molecule has 0 radical (unpaired) electrons. The first-order valence-corrected chi connectivity index (χ1v) is 27.9. The summed E-state index contributed by atoms with van der Waals surface area (Å²) in [5, 5.41) is 25.5. The minimum absolute atomic E-state index is 0.306.